The van der Waals surface area contributed by atoms with Gasteiger partial charge in [-0.3, -0.25) is 19.2 Å². The monoisotopic (exact) mass is 495 g/mol. The van der Waals surface area contributed by atoms with E-state index in [0.29, 0.717) is 4.31 Å². The van der Waals surface area contributed by atoms with E-state index in [4.69, 9.17) is 4.74 Å². The molecule has 0 aliphatic carbocycles. The second kappa shape index (κ2) is 10.6. The lowest BCUT2D eigenvalue weighted by atomic mass is 10.1. The summed E-state index contributed by atoms with van der Waals surface area (Å²) < 4.78 is 39.8. The highest BCUT2D eigenvalue weighted by molar-refractivity contribution is 7.92. The molecular weight excluding hydrogens is 474 g/mol. The van der Waals surface area contributed by atoms with Crippen LogP contribution in [0.3, 0.4) is 0 Å². The number of esters is 2. The first kappa shape index (κ1) is 26.1. The van der Waals surface area contributed by atoms with Crippen molar-refractivity contribution in [1.29, 1.82) is 0 Å². The van der Waals surface area contributed by atoms with E-state index in [-0.39, 0.29) is 28.3 Å². The van der Waals surface area contributed by atoms with Gasteiger partial charge in [0.25, 0.3) is 5.69 Å². The fourth-order valence-electron chi connectivity index (χ4n) is 2.87. The fourth-order valence-corrected chi connectivity index (χ4v) is 3.72. The highest BCUT2D eigenvalue weighted by Crippen LogP contribution is 2.33. The number of hydrogen-bond donors (Lipinski definition) is 1. The molecule has 0 fully saturated rings. The van der Waals surface area contributed by atoms with Crippen LogP contribution in [0, 0.1) is 10.1 Å². The first-order valence-electron chi connectivity index (χ1n) is 9.33. The molecule has 13 nitrogen and oxygen atoms in total. The maximum Gasteiger partial charge on any atom is 0.337 e. The third kappa shape index (κ3) is 6.19. The maximum absolute atomic E-state index is 12.7. The van der Waals surface area contributed by atoms with E-state index < -0.39 is 45.0 Å². The van der Waals surface area contributed by atoms with Gasteiger partial charge in [-0.2, -0.15) is 0 Å². The molecule has 1 amide bonds. The highest BCUT2D eigenvalue weighted by atomic mass is 32.2. The van der Waals surface area contributed by atoms with Gasteiger partial charge < -0.3 is 19.5 Å². The zero-order chi connectivity index (χ0) is 25.6. The predicted octanol–water partition coefficient (Wildman–Crippen LogP) is 1.58. The average molecular weight is 495 g/mol. The van der Waals surface area contributed by atoms with Crippen molar-refractivity contribution in [1.82, 2.24) is 0 Å². The molecule has 0 unspecified atom stereocenters. The number of sulfonamides is 1. The maximum atomic E-state index is 12.7. The molecule has 14 heteroatoms. The van der Waals surface area contributed by atoms with Crippen molar-refractivity contribution in [3.8, 4) is 5.75 Å². The van der Waals surface area contributed by atoms with Crippen molar-refractivity contribution in [3.05, 3.63) is 57.6 Å². The van der Waals surface area contributed by atoms with Crippen LogP contribution in [0.25, 0.3) is 0 Å². The number of non-ortho nitro benzene ring substituents is 1. The molecule has 0 aliphatic heterocycles. The number of carbonyl (C=O) groups excluding carboxylic acids is 3. The summed E-state index contributed by atoms with van der Waals surface area (Å²) in [6, 6.07) is 6.91. The fraction of sp³-hybridized carbons (Fsp3) is 0.250. The van der Waals surface area contributed by atoms with Gasteiger partial charge in [-0.1, -0.05) is 0 Å². The third-order valence-corrected chi connectivity index (χ3v) is 5.51. The van der Waals surface area contributed by atoms with Crippen LogP contribution < -0.4 is 14.4 Å². The molecule has 2 aromatic carbocycles. The first-order chi connectivity index (χ1) is 15.9. The minimum absolute atomic E-state index is 0.0206. The largest absolute Gasteiger partial charge is 0.495 e. The lowest BCUT2D eigenvalue weighted by Crippen LogP contribution is -2.37. The van der Waals surface area contributed by atoms with Crippen LogP contribution in [-0.2, 0) is 24.3 Å². The van der Waals surface area contributed by atoms with Crippen LogP contribution in [0.2, 0.25) is 0 Å². The number of methoxy groups -OCH3 is 3. The summed E-state index contributed by atoms with van der Waals surface area (Å²) in [5.74, 6) is -2.48. The quantitative estimate of drug-likeness (QED) is 0.306. The van der Waals surface area contributed by atoms with E-state index in [0.717, 1.165) is 32.6 Å². The number of ether oxygens (including phenoxy) is 3. The molecule has 0 aliphatic rings. The molecule has 2 aromatic rings. The number of amides is 1. The molecule has 0 heterocycles. The third-order valence-electron chi connectivity index (χ3n) is 4.39. The molecule has 0 radical (unpaired) electrons. The molecular formula is C20H21N3O10S. The van der Waals surface area contributed by atoms with E-state index in [2.05, 4.69) is 14.8 Å². The van der Waals surface area contributed by atoms with E-state index in [9.17, 15) is 32.9 Å². The number of hydrogen-bond acceptors (Lipinski definition) is 10. The number of benzene rings is 2. The summed E-state index contributed by atoms with van der Waals surface area (Å²) in [6.45, 7) is -0.799. The summed E-state index contributed by atoms with van der Waals surface area (Å²) in [4.78, 5) is 47.0. The SMILES string of the molecule is COC(=O)c1cc(NC(=O)CN(c2cc([N+](=O)[O-])ccc2OC)S(C)(=O)=O)cc(C(=O)OC)c1. The van der Waals surface area contributed by atoms with E-state index in [1.54, 1.807) is 0 Å². The van der Waals surface area contributed by atoms with Crippen LogP contribution in [-0.4, -0.2) is 65.3 Å². The van der Waals surface area contributed by atoms with E-state index >= 15 is 0 Å². The molecule has 34 heavy (non-hydrogen) atoms. The van der Waals surface area contributed by atoms with E-state index in [1.165, 1.54) is 31.4 Å². The number of carbonyl (C=O) groups is 3. The zero-order valence-electron chi connectivity index (χ0n) is 18.6. The number of anilines is 2. The Morgan fingerprint density at radius 2 is 1.56 bits per heavy atom. The van der Waals surface area contributed by atoms with Crippen LogP contribution in [0.15, 0.2) is 36.4 Å². The number of nitrogens with one attached hydrogen (secondary N) is 1. The first-order valence-corrected chi connectivity index (χ1v) is 11.2. The van der Waals surface area contributed by atoms with Crippen LogP contribution in [0.4, 0.5) is 17.1 Å². The van der Waals surface area contributed by atoms with Crippen LogP contribution in [0.1, 0.15) is 20.7 Å². The van der Waals surface area contributed by atoms with Gasteiger partial charge in [-0.15, -0.1) is 0 Å². The summed E-state index contributed by atoms with van der Waals surface area (Å²) in [5, 5.41) is 13.5. The van der Waals surface area contributed by atoms with Gasteiger partial charge in [0.15, 0.2) is 0 Å². The normalized spacial score (nSPS) is 10.7. The van der Waals surface area contributed by atoms with E-state index in [1.807, 2.05) is 0 Å². The van der Waals surface area contributed by atoms with Crippen molar-refractivity contribution in [2.45, 2.75) is 0 Å². The molecule has 182 valence electrons. The van der Waals surface area contributed by atoms with Gasteiger partial charge in [-0.05, 0) is 24.3 Å². The van der Waals surface area contributed by atoms with Gasteiger partial charge in [0.05, 0.1) is 43.6 Å². The second-order valence-corrected chi connectivity index (χ2v) is 8.62. The number of nitrogens with zero attached hydrogens (tertiary/aromatic N) is 2. The van der Waals surface area contributed by atoms with Crippen molar-refractivity contribution in [2.24, 2.45) is 0 Å². The summed E-state index contributed by atoms with van der Waals surface area (Å²) in [7, 11) is -0.622. The predicted molar refractivity (Wildman–Crippen MR) is 120 cm³/mol. The van der Waals surface area contributed by atoms with Crippen molar-refractivity contribution >= 4 is 44.9 Å². The van der Waals surface area contributed by atoms with Gasteiger partial charge >= 0.3 is 11.9 Å². The van der Waals surface area contributed by atoms with Crippen molar-refractivity contribution in [3.63, 3.8) is 0 Å². The standard InChI is InChI=1S/C20H21N3O10S/c1-31-17-6-5-15(23(27)28)10-16(17)22(34(4,29)30)11-18(24)21-14-8-12(19(25)32-2)7-13(9-14)20(26)33-3/h5-10H,11H2,1-4H3,(H,21,24). The molecule has 0 saturated heterocycles. The Morgan fingerprint density at radius 3 is 2.00 bits per heavy atom. The molecule has 0 bridgehead atoms. The Bertz CT molecular complexity index is 1210. The van der Waals surface area contributed by atoms with Crippen molar-refractivity contribution < 1.29 is 41.9 Å². The highest BCUT2D eigenvalue weighted by Gasteiger charge is 2.26. The summed E-state index contributed by atoms with van der Waals surface area (Å²) >= 11 is 0. The smallest absolute Gasteiger partial charge is 0.337 e. The summed E-state index contributed by atoms with van der Waals surface area (Å²) in [6.07, 6.45) is 0.811. The average Bonchev–Trinajstić information content (AvgIpc) is 2.79. The Labute approximate surface area is 194 Å². The molecule has 0 saturated carbocycles. The molecule has 2 rings (SSSR count). The molecule has 0 aromatic heterocycles. The Hall–Kier alpha value is -4.20. The number of nitro groups is 1. The lowest BCUT2D eigenvalue weighted by molar-refractivity contribution is -0.384. The minimum atomic E-state index is -4.11. The Morgan fingerprint density at radius 1 is 1.00 bits per heavy atom. The van der Waals surface area contributed by atoms with Gasteiger partial charge in [0, 0.05) is 17.8 Å². The van der Waals surface area contributed by atoms with Crippen LogP contribution in [0.5, 0.6) is 5.75 Å². The Balaban J connectivity index is 2.45. The number of nitro benzene ring substituents is 1. The summed E-state index contributed by atoms with van der Waals surface area (Å²) in [5.41, 5.74) is -0.805. The Kier molecular flexibility index (Phi) is 8.13. The molecule has 0 spiro atoms. The topological polar surface area (TPSA) is 171 Å². The second-order valence-electron chi connectivity index (χ2n) is 6.71. The zero-order valence-corrected chi connectivity index (χ0v) is 19.4. The number of rotatable bonds is 9. The minimum Gasteiger partial charge on any atom is -0.495 e. The molecule has 1 N–H and O–H groups in total. The van der Waals surface area contributed by atoms with Gasteiger partial charge in [0.1, 0.15) is 18.0 Å². The van der Waals surface area contributed by atoms with Gasteiger partial charge in [0.2, 0.25) is 15.9 Å². The lowest BCUT2D eigenvalue weighted by Gasteiger charge is -2.23. The van der Waals surface area contributed by atoms with Crippen molar-refractivity contribution in [2.75, 3.05) is 43.8 Å². The molecule has 0 atom stereocenters. The van der Waals surface area contributed by atoms with Crippen LogP contribution >= 0.6 is 0 Å². The van der Waals surface area contributed by atoms with Gasteiger partial charge in [-0.25, -0.2) is 18.0 Å².